The van der Waals surface area contributed by atoms with Gasteiger partial charge in [0.25, 0.3) is 0 Å². The Hall–Kier alpha value is -1.35. The van der Waals surface area contributed by atoms with Crippen LogP contribution in [0.1, 0.15) is 0 Å². The number of esters is 1. The van der Waals surface area contributed by atoms with Crippen LogP contribution in [0.3, 0.4) is 0 Å². The zero-order chi connectivity index (χ0) is 14.3. The van der Waals surface area contributed by atoms with E-state index < -0.39 is 12.1 Å². The van der Waals surface area contributed by atoms with Crippen molar-refractivity contribution in [3.05, 3.63) is 0 Å². The van der Waals surface area contributed by atoms with Gasteiger partial charge >= 0.3 is 18.1 Å². The molecule has 0 aromatic carbocycles. The number of hydrogen-bond donors (Lipinski definition) is 2. The number of likely N-dealkylation sites (N-methyl/N-ethyl adjacent to an activating group) is 1. The molecular weight excluding hydrogens is 257 g/mol. The van der Waals surface area contributed by atoms with Crippen molar-refractivity contribution in [2.45, 2.75) is 12.2 Å². The minimum atomic E-state index is -5.08. The highest BCUT2D eigenvalue weighted by molar-refractivity contribution is 5.76. The summed E-state index contributed by atoms with van der Waals surface area (Å²) in [6.07, 6.45) is -5.08. The number of nitrogens with zero attached hydrogens (tertiary/aromatic N) is 1. The minimum Gasteiger partial charge on any atom is -0.475 e. The maximum Gasteiger partial charge on any atom is 0.490 e. The predicted octanol–water partition coefficient (Wildman–Crippen LogP) is -0.304. The molecule has 0 radical (unpaired) electrons. The van der Waals surface area contributed by atoms with Gasteiger partial charge in [0.05, 0.1) is 7.11 Å². The van der Waals surface area contributed by atoms with E-state index in [9.17, 15) is 18.0 Å². The van der Waals surface area contributed by atoms with Gasteiger partial charge in [-0.1, -0.05) is 0 Å². The number of rotatable bonds is 1. The summed E-state index contributed by atoms with van der Waals surface area (Å²) in [6, 6.07) is -0.140. The smallest absolute Gasteiger partial charge is 0.475 e. The molecule has 6 nitrogen and oxygen atoms in total. The Labute approximate surface area is 102 Å². The molecule has 1 atom stereocenters. The van der Waals surface area contributed by atoms with E-state index in [1.54, 1.807) is 0 Å². The third kappa shape index (κ3) is 6.40. The van der Waals surface area contributed by atoms with Crippen LogP contribution in [0.15, 0.2) is 0 Å². The first-order valence-electron chi connectivity index (χ1n) is 4.98. The molecule has 1 rings (SSSR count). The van der Waals surface area contributed by atoms with E-state index in [4.69, 9.17) is 9.90 Å². The third-order valence-corrected chi connectivity index (χ3v) is 2.11. The van der Waals surface area contributed by atoms with Crippen LogP contribution in [0.4, 0.5) is 13.2 Å². The van der Waals surface area contributed by atoms with Crippen LogP contribution in [-0.2, 0) is 14.3 Å². The lowest BCUT2D eigenvalue weighted by atomic mass is 10.2. The molecule has 9 heteroatoms. The number of ether oxygens (including phenoxy) is 1. The van der Waals surface area contributed by atoms with Gasteiger partial charge in [-0.3, -0.25) is 4.79 Å². The van der Waals surface area contributed by atoms with Gasteiger partial charge in [-0.2, -0.15) is 13.2 Å². The number of carbonyl (C=O) groups excluding carboxylic acids is 1. The molecule has 0 amide bonds. The molecule has 2 N–H and O–H groups in total. The molecule has 1 aliphatic heterocycles. The Morgan fingerprint density at radius 3 is 2.28 bits per heavy atom. The lowest BCUT2D eigenvalue weighted by molar-refractivity contribution is -0.192. The first-order chi connectivity index (χ1) is 8.18. The topological polar surface area (TPSA) is 78.9 Å². The van der Waals surface area contributed by atoms with Crippen molar-refractivity contribution >= 4 is 11.9 Å². The molecule has 1 saturated heterocycles. The molecule has 0 aromatic rings. The Kier molecular flexibility index (Phi) is 6.63. The summed E-state index contributed by atoms with van der Waals surface area (Å²) >= 11 is 0. The molecule has 0 aliphatic carbocycles. The van der Waals surface area contributed by atoms with Crippen LogP contribution in [0, 0.1) is 0 Å². The summed E-state index contributed by atoms with van der Waals surface area (Å²) in [5.41, 5.74) is 0. The number of halogens is 3. The van der Waals surface area contributed by atoms with Crippen LogP contribution in [0.5, 0.6) is 0 Å². The summed E-state index contributed by atoms with van der Waals surface area (Å²) in [5, 5.41) is 10.2. The number of nitrogens with one attached hydrogen (secondary N) is 1. The number of piperazine rings is 1. The first kappa shape index (κ1) is 16.6. The molecule has 18 heavy (non-hydrogen) atoms. The molecule has 0 bridgehead atoms. The van der Waals surface area contributed by atoms with Gasteiger partial charge in [-0.25, -0.2) is 4.79 Å². The molecule has 1 fully saturated rings. The summed E-state index contributed by atoms with van der Waals surface area (Å²) in [4.78, 5) is 22.0. The molecule has 106 valence electrons. The third-order valence-electron chi connectivity index (χ3n) is 2.11. The molecule has 0 unspecified atom stereocenters. The maximum atomic E-state index is 11.0. The fraction of sp³-hybridized carbons (Fsp3) is 0.778. The van der Waals surface area contributed by atoms with E-state index in [1.165, 1.54) is 7.11 Å². The van der Waals surface area contributed by atoms with Crippen molar-refractivity contribution < 1.29 is 32.6 Å². The maximum absolute atomic E-state index is 11.0. The number of alkyl halides is 3. The Morgan fingerprint density at radius 1 is 1.44 bits per heavy atom. The first-order valence-corrected chi connectivity index (χ1v) is 4.98. The SMILES string of the molecule is COC(=O)[C@H]1CN(C)CCN1.O=C(O)C(F)(F)F. The average molecular weight is 272 g/mol. The fourth-order valence-electron chi connectivity index (χ4n) is 1.20. The quantitative estimate of drug-likeness (QED) is 0.638. The second kappa shape index (κ2) is 7.17. The van der Waals surface area contributed by atoms with E-state index in [-0.39, 0.29) is 12.0 Å². The van der Waals surface area contributed by atoms with E-state index in [0.29, 0.717) is 0 Å². The number of methoxy groups -OCH3 is 1. The Morgan fingerprint density at radius 2 is 1.94 bits per heavy atom. The second-order valence-corrected chi connectivity index (χ2v) is 3.60. The zero-order valence-electron chi connectivity index (χ0n) is 9.95. The molecule has 0 aromatic heterocycles. The van der Waals surface area contributed by atoms with Gasteiger partial charge in [0.2, 0.25) is 0 Å². The minimum absolute atomic E-state index is 0.140. The van der Waals surface area contributed by atoms with Crippen LogP contribution >= 0.6 is 0 Å². The molecule has 1 heterocycles. The lowest BCUT2D eigenvalue weighted by Crippen LogP contribution is -2.53. The Bertz CT molecular complexity index is 296. The monoisotopic (exact) mass is 272 g/mol. The van der Waals surface area contributed by atoms with Gasteiger partial charge in [0, 0.05) is 19.6 Å². The fourth-order valence-corrected chi connectivity index (χ4v) is 1.20. The lowest BCUT2D eigenvalue weighted by Gasteiger charge is -2.28. The van der Waals surface area contributed by atoms with Crippen molar-refractivity contribution in [1.82, 2.24) is 10.2 Å². The highest BCUT2D eigenvalue weighted by Gasteiger charge is 2.38. The number of carboxylic acids is 1. The highest BCUT2D eigenvalue weighted by Crippen LogP contribution is 2.13. The number of hydrogen-bond acceptors (Lipinski definition) is 5. The summed E-state index contributed by atoms with van der Waals surface area (Å²) in [6.45, 7) is 2.59. The summed E-state index contributed by atoms with van der Waals surface area (Å²) in [7, 11) is 3.41. The number of aliphatic carboxylic acids is 1. The number of carboxylic acid groups (broad SMARTS) is 1. The normalized spacial score (nSPS) is 20.6. The second-order valence-electron chi connectivity index (χ2n) is 3.60. The van der Waals surface area contributed by atoms with Gasteiger partial charge in [0.1, 0.15) is 6.04 Å². The van der Waals surface area contributed by atoms with Crippen LogP contribution in [0.2, 0.25) is 0 Å². The predicted molar refractivity (Wildman–Crippen MR) is 55.0 cm³/mol. The van der Waals surface area contributed by atoms with Crippen LogP contribution in [0.25, 0.3) is 0 Å². The van der Waals surface area contributed by atoms with Crippen LogP contribution in [-0.4, -0.2) is 68.0 Å². The largest absolute Gasteiger partial charge is 0.490 e. The molecular formula is C9H15F3N2O4. The van der Waals surface area contributed by atoms with Gasteiger partial charge in [-0.05, 0) is 7.05 Å². The van der Waals surface area contributed by atoms with Crippen molar-refractivity contribution in [2.75, 3.05) is 33.8 Å². The number of carbonyl (C=O) groups is 2. The highest BCUT2D eigenvalue weighted by atomic mass is 19.4. The molecule has 1 aliphatic rings. The van der Waals surface area contributed by atoms with E-state index >= 15 is 0 Å². The summed E-state index contributed by atoms with van der Waals surface area (Å²) in [5.74, 6) is -2.93. The Balaban J connectivity index is 0.000000360. The zero-order valence-corrected chi connectivity index (χ0v) is 9.95. The summed E-state index contributed by atoms with van der Waals surface area (Å²) < 4.78 is 36.3. The van der Waals surface area contributed by atoms with Crippen LogP contribution < -0.4 is 5.32 Å². The van der Waals surface area contributed by atoms with Crippen molar-refractivity contribution in [1.29, 1.82) is 0 Å². The molecule has 0 spiro atoms. The van der Waals surface area contributed by atoms with Gasteiger partial charge in [0.15, 0.2) is 0 Å². The standard InChI is InChI=1S/C7H14N2O2.C2HF3O2/c1-9-4-3-8-6(5-9)7(10)11-2;3-2(4,5)1(6)7/h6,8H,3-5H2,1-2H3;(H,6,7)/t6-;/m1./s1. The van der Waals surface area contributed by atoms with E-state index in [1.807, 2.05) is 7.05 Å². The van der Waals surface area contributed by atoms with Crippen molar-refractivity contribution in [3.63, 3.8) is 0 Å². The van der Waals surface area contributed by atoms with E-state index in [0.717, 1.165) is 19.6 Å². The van der Waals surface area contributed by atoms with E-state index in [2.05, 4.69) is 15.0 Å². The molecule has 0 saturated carbocycles. The van der Waals surface area contributed by atoms with Crippen molar-refractivity contribution in [2.24, 2.45) is 0 Å². The van der Waals surface area contributed by atoms with Gasteiger partial charge in [-0.15, -0.1) is 0 Å². The average Bonchev–Trinajstić information content (AvgIpc) is 2.27. The van der Waals surface area contributed by atoms with Crippen molar-refractivity contribution in [3.8, 4) is 0 Å². The van der Waals surface area contributed by atoms with Gasteiger partial charge < -0.3 is 20.1 Å².